The number of nitrogens with one attached hydrogen (secondary N) is 1. The van der Waals surface area contributed by atoms with Gasteiger partial charge < -0.3 is 9.47 Å². The third-order valence-electron chi connectivity index (χ3n) is 3.51. The van der Waals surface area contributed by atoms with Gasteiger partial charge in [-0.2, -0.15) is 0 Å². The monoisotopic (exact) mass is 335 g/mol. The molecule has 2 aromatic carbocycles. The third-order valence-corrected chi connectivity index (χ3v) is 4.89. The smallest absolute Gasteiger partial charge is 0.262 e. The lowest BCUT2D eigenvalue weighted by molar-refractivity contribution is 0.405. The summed E-state index contributed by atoms with van der Waals surface area (Å²) in [5.41, 5.74) is 1.42. The van der Waals surface area contributed by atoms with Crippen molar-refractivity contribution in [3.63, 3.8) is 0 Å². The van der Waals surface area contributed by atoms with E-state index in [1.54, 1.807) is 30.3 Å². The van der Waals surface area contributed by atoms with E-state index in [0.29, 0.717) is 23.1 Å². The molecule has 2 aromatic rings. The van der Waals surface area contributed by atoms with Gasteiger partial charge in [-0.15, -0.1) is 0 Å². The number of rotatable bonds is 6. The molecule has 0 saturated carbocycles. The predicted molar refractivity (Wildman–Crippen MR) is 90.9 cm³/mol. The molecule has 0 fully saturated rings. The standard InChI is InChI=1S/C17H21NO4S/c1-12(2)13-5-8-15(9-6-13)23(19,20)18-16-11-14(21-3)7-10-17(16)22-4/h5-12,18H,1-4H3. The molecule has 0 heterocycles. The van der Waals surface area contributed by atoms with Crippen molar-refractivity contribution < 1.29 is 17.9 Å². The van der Waals surface area contributed by atoms with Crippen LogP contribution in [0.4, 0.5) is 5.69 Å². The highest BCUT2D eigenvalue weighted by molar-refractivity contribution is 7.92. The zero-order valence-corrected chi connectivity index (χ0v) is 14.5. The van der Waals surface area contributed by atoms with Crippen LogP contribution in [0, 0.1) is 0 Å². The topological polar surface area (TPSA) is 64.6 Å². The molecule has 0 atom stereocenters. The van der Waals surface area contributed by atoms with Crippen LogP contribution < -0.4 is 14.2 Å². The maximum absolute atomic E-state index is 12.5. The summed E-state index contributed by atoms with van der Waals surface area (Å²) < 4.78 is 38.0. The van der Waals surface area contributed by atoms with Gasteiger partial charge in [0.25, 0.3) is 10.0 Å². The quantitative estimate of drug-likeness (QED) is 0.875. The van der Waals surface area contributed by atoms with Gasteiger partial charge in [0.1, 0.15) is 11.5 Å². The van der Waals surface area contributed by atoms with E-state index < -0.39 is 10.0 Å². The Balaban J connectivity index is 2.34. The Morgan fingerprint density at radius 1 is 0.957 bits per heavy atom. The molecule has 0 amide bonds. The number of hydrogen-bond donors (Lipinski definition) is 1. The van der Waals surface area contributed by atoms with Crippen LogP contribution in [0.15, 0.2) is 47.4 Å². The van der Waals surface area contributed by atoms with Crippen LogP contribution in [0.25, 0.3) is 0 Å². The molecular formula is C17H21NO4S. The van der Waals surface area contributed by atoms with Gasteiger partial charge in [0.05, 0.1) is 24.8 Å². The number of sulfonamides is 1. The second-order valence-electron chi connectivity index (χ2n) is 5.40. The van der Waals surface area contributed by atoms with E-state index >= 15 is 0 Å². The minimum Gasteiger partial charge on any atom is -0.497 e. The van der Waals surface area contributed by atoms with E-state index in [0.717, 1.165) is 5.56 Å². The molecule has 2 rings (SSSR count). The number of ether oxygens (including phenoxy) is 2. The number of anilines is 1. The highest BCUT2D eigenvalue weighted by atomic mass is 32.2. The second-order valence-corrected chi connectivity index (χ2v) is 7.08. The molecule has 0 saturated heterocycles. The van der Waals surface area contributed by atoms with Crippen molar-refractivity contribution in [2.75, 3.05) is 18.9 Å². The molecule has 0 radical (unpaired) electrons. The van der Waals surface area contributed by atoms with E-state index in [2.05, 4.69) is 18.6 Å². The highest BCUT2D eigenvalue weighted by Crippen LogP contribution is 2.31. The Morgan fingerprint density at radius 3 is 2.13 bits per heavy atom. The second kappa shape index (κ2) is 6.91. The lowest BCUT2D eigenvalue weighted by atomic mass is 10.0. The molecular weight excluding hydrogens is 314 g/mol. The largest absolute Gasteiger partial charge is 0.497 e. The van der Waals surface area contributed by atoms with Crippen LogP contribution in [-0.4, -0.2) is 22.6 Å². The molecule has 0 aliphatic rings. The lowest BCUT2D eigenvalue weighted by Gasteiger charge is -2.13. The summed E-state index contributed by atoms with van der Waals surface area (Å²) in [6, 6.07) is 11.8. The van der Waals surface area contributed by atoms with E-state index in [1.165, 1.54) is 14.2 Å². The maximum atomic E-state index is 12.5. The molecule has 124 valence electrons. The Kier molecular flexibility index (Phi) is 5.15. The average molecular weight is 335 g/mol. The fraction of sp³-hybridized carbons (Fsp3) is 0.294. The van der Waals surface area contributed by atoms with Crippen LogP contribution in [0.3, 0.4) is 0 Å². The first kappa shape index (κ1) is 17.1. The van der Waals surface area contributed by atoms with Gasteiger partial charge in [0.2, 0.25) is 0 Å². The lowest BCUT2D eigenvalue weighted by Crippen LogP contribution is -2.13. The van der Waals surface area contributed by atoms with Crippen LogP contribution >= 0.6 is 0 Å². The normalized spacial score (nSPS) is 11.3. The zero-order valence-electron chi connectivity index (χ0n) is 13.7. The molecule has 0 bridgehead atoms. The van der Waals surface area contributed by atoms with Crippen molar-refractivity contribution in [2.24, 2.45) is 0 Å². The van der Waals surface area contributed by atoms with Gasteiger partial charge in [0, 0.05) is 6.07 Å². The summed E-state index contributed by atoms with van der Waals surface area (Å²) in [5, 5.41) is 0. The van der Waals surface area contributed by atoms with Crippen molar-refractivity contribution in [1.82, 2.24) is 0 Å². The number of hydrogen-bond acceptors (Lipinski definition) is 4. The van der Waals surface area contributed by atoms with Crippen molar-refractivity contribution in [1.29, 1.82) is 0 Å². The summed E-state index contributed by atoms with van der Waals surface area (Å²) >= 11 is 0. The van der Waals surface area contributed by atoms with E-state index in [4.69, 9.17) is 9.47 Å². The molecule has 23 heavy (non-hydrogen) atoms. The summed E-state index contributed by atoms with van der Waals surface area (Å²) in [5.74, 6) is 1.31. The molecule has 0 aromatic heterocycles. The van der Waals surface area contributed by atoms with Gasteiger partial charge in [0.15, 0.2) is 0 Å². The maximum Gasteiger partial charge on any atom is 0.262 e. The highest BCUT2D eigenvalue weighted by Gasteiger charge is 2.17. The summed E-state index contributed by atoms with van der Waals surface area (Å²) in [6.45, 7) is 4.12. The minimum atomic E-state index is -3.70. The van der Waals surface area contributed by atoms with Gasteiger partial charge in [-0.05, 0) is 35.7 Å². The van der Waals surface area contributed by atoms with Crippen LogP contribution in [0.2, 0.25) is 0 Å². The molecule has 0 aliphatic carbocycles. The van der Waals surface area contributed by atoms with E-state index in [1.807, 2.05) is 12.1 Å². The first-order valence-corrected chi connectivity index (χ1v) is 8.70. The van der Waals surface area contributed by atoms with Crippen molar-refractivity contribution in [3.05, 3.63) is 48.0 Å². The fourth-order valence-electron chi connectivity index (χ4n) is 2.13. The summed E-state index contributed by atoms with van der Waals surface area (Å²) in [4.78, 5) is 0.201. The Bertz CT molecular complexity index is 768. The number of methoxy groups -OCH3 is 2. The van der Waals surface area contributed by atoms with E-state index in [9.17, 15) is 8.42 Å². The fourth-order valence-corrected chi connectivity index (χ4v) is 3.19. The minimum absolute atomic E-state index is 0.201. The first-order valence-electron chi connectivity index (χ1n) is 7.22. The molecule has 0 unspecified atom stereocenters. The Hall–Kier alpha value is -2.21. The Labute approximate surface area is 137 Å². The van der Waals surface area contributed by atoms with Gasteiger partial charge in [-0.3, -0.25) is 4.72 Å². The van der Waals surface area contributed by atoms with Crippen molar-refractivity contribution in [3.8, 4) is 11.5 Å². The zero-order chi connectivity index (χ0) is 17.0. The molecule has 6 heteroatoms. The molecule has 0 aliphatic heterocycles. The SMILES string of the molecule is COc1ccc(OC)c(NS(=O)(=O)c2ccc(C(C)C)cc2)c1. The molecule has 5 nitrogen and oxygen atoms in total. The van der Waals surface area contributed by atoms with Crippen LogP contribution in [-0.2, 0) is 10.0 Å². The van der Waals surface area contributed by atoms with Gasteiger partial charge in [-0.25, -0.2) is 8.42 Å². The van der Waals surface area contributed by atoms with Crippen LogP contribution in [0.1, 0.15) is 25.3 Å². The predicted octanol–water partition coefficient (Wildman–Crippen LogP) is 3.63. The average Bonchev–Trinajstić information content (AvgIpc) is 2.54. The summed E-state index contributed by atoms with van der Waals surface area (Å²) in [6.07, 6.45) is 0. The molecule has 1 N–H and O–H groups in total. The first-order chi connectivity index (χ1) is 10.9. The molecule has 0 spiro atoms. The van der Waals surface area contributed by atoms with Gasteiger partial charge >= 0.3 is 0 Å². The Morgan fingerprint density at radius 2 is 1.61 bits per heavy atom. The van der Waals surface area contributed by atoms with Crippen molar-refractivity contribution >= 4 is 15.7 Å². The van der Waals surface area contributed by atoms with E-state index in [-0.39, 0.29) is 4.90 Å². The summed E-state index contributed by atoms with van der Waals surface area (Å²) in [7, 11) is -0.697. The van der Waals surface area contributed by atoms with Crippen molar-refractivity contribution in [2.45, 2.75) is 24.7 Å². The van der Waals surface area contributed by atoms with Crippen LogP contribution in [0.5, 0.6) is 11.5 Å². The third kappa shape index (κ3) is 3.96. The van der Waals surface area contributed by atoms with Gasteiger partial charge in [-0.1, -0.05) is 26.0 Å². The number of benzene rings is 2.